The van der Waals surface area contributed by atoms with E-state index in [0.717, 1.165) is 12.0 Å². The Morgan fingerprint density at radius 3 is 2.35 bits per heavy atom. The Balaban J connectivity index is 1.78. The van der Waals surface area contributed by atoms with Crippen molar-refractivity contribution >= 4 is 29.7 Å². The lowest BCUT2D eigenvalue weighted by molar-refractivity contribution is -0.149. The van der Waals surface area contributed by atoms with Gasteiger partial charge in [0.05, 0.1) is 12.5 Å². The fourth-order valence-corrected chi connectivity index (χ4v) is 4.37. The monoisotopic (exact) mass is 474 g/mol. The van der Waals surface area contributed by atoms with E-state index in [0.29, 0.717) is 25.8 Å². The van der Waals surface area contributed by atoms with E-state index in [9.17, 15) is 34.2 Å². The van der Waals surface area contributed by atoms with Gasteiger partial charge in [-0.05, 0) is 37.8 Å². The zero-order chi connectivity index (χ0) is 24.7. The van der Waals surface area contributed by atoms with Crippen LogP contribution >= 0.6 is 0 Å². The normalized spacial score (nSPS) is 21.5. The minimum absolute atomic E-state index is 0.0895. The number of carbonyl (C=O) groups excluding carboxylic acids is 3. The van der Waals surface area contributed by atoms with Crippen molar-refractivity contribution in [1.82, 2.24) is 20.9 Å². The number of amides is 3. The topological polar surface area (TPSA) is 165 Å². The first kappa shape index (κ1) is 25.2. The Hall–Kier alpha value is -3.47. The highest BCUT2D eigenvalue weighted by Crippen LogP contribution is 2.20. The van der Waals surface area contributed by atoms with Gasteiger partial charge < -0.3 is 31.1 Å². The lowest BCUT2D eigenvalue weighted by Crippen LogP contribution is -2.58. The summed E-state index contributed by atoms with van der Waals surface area (Å²) in [6, 6.07) is 4.90. The summed E-state index contributed by atoms with van der Waals surface area (Å²) in [5.74, 6) is -4.24. The highest BCUT2D eigenvalue weighted by atomic mass is 16.4. The molecule has 0 unspecified atom stereocenters. The molecule has 1 aromatic rings. The fraction of sp³-hybridized carbons (Fsp3) is 0.522. The first-order valence-corrected chi connectivity index (χ1v) is 11.4. The second-order valence-electron chi connectivity index (χ2n) is 8.59. The zero-order valence-electron chi connectivity index (χ0n) is 18.7. The minimum Gasteiger partial charge on any atom is -0.481 e. The van der Waals surface area contributed by atoms with Crippen LogP contribution in [0.5, 0.6) is 0 Å². The van der Waals surface area contributed by atoms with Crippen molar-refractivity contribution in [2.75, 3.05) is 13.1 Å². The van der Waals surface area contributed by atoms with E-state index in [-0.39, 0.29) is 13.0 Å². The Kier molecular flexibility index (Phi) is 8.58. The number of likely N-dealkylation sites (tertiary alicyclic amines) is 1. The number of aliphatic carboxylic acids is 2. The van der Waals surface area contributed by atoms with Crippen LogP contribution < -0.4 is 16.0 Å². The molecule has 5 N–H and O–H groups in total. The van der Waals surface area contributed by atoms with Crippen molar-refractivity contribution in [2.24, 2.45) is 0 Å². The number of carboxylic acids is 2. The quantitative estimate of drug-likeness (QED) is 0.303. The number of hydrogen-bond acceptors (Lipinski definition) is 6. The summed E-state index contributed by atoms with van der Waals surface area (Å²) in [4.78, 5) is 63.1. The van der Waals surface area contributed by atoms with E-state index in [1.165, 1.54) is 4.90 Å². The third-order valence-corrected chi connectivity index (χ3v) is 6.11. The van der Waals surface area contributed by atoms with E-state index < -0.39 is 60.2 Å². The molecule has 34 heavy (non-hydrogen) atoms. The molecule has 2 aliphatic rings. The number of carbonyl (C=O) groups is 5. The molecule has 0 saturated carbocycles. The second kappa shape index (κ2) is 11.6. The number of nitrogens with one attached hydrogen (secondary N) is 3. The van der Waals surface area contributed by atoms with Crippen LogP contribution in [-0.2, 0) is 30.4 Å². The van der Waals surface area contributed by atoms with Crippen molar-refractivity contribution < 1.29 is 34.2 Å². The van der Waals surface area contributed by atoms with Crippen LogP contribution in [0.1, 0.15) is 37.7 Å². The van der Waals surface area contributed by atoms with Crippen molar-refractivity contribution in [1.29, 1.82) is 0 Å². The molecule has 0 bridgehead atoms. The molecular formula is C23H30N4O7. The maximum Gasteiger partial charge on any atom is 0.326 e. The van der Waals surface area contributed by atoms with Crippen LogP contribution in [0.3, 0.4) is 0 Å². The van der Waals surface area contributed by atoms with Crippen LogP contribution in [0.2, 0.25) is 0 Å². The molecule has 0 radical (unpaired) electrons. The maximum absolute atomic E-state index is 13.3. The van der Waals surface area contributed by atoms with Crippen molar-refractivity contribution in [2.45, 2.75) is 62.7 Å². The second-order valence-corrected chi connectivity index (χ2v) is 8.59. The van der Waals surface area contributed by atoms with Crippen LogP contribution in [0.25, 0.3) is 0 Å². The fourth-order valence-electron chi connectivity index (χ4n) is 4.37. The average Bonchev–Trinajstić information content (AvgIpc) is 3.50. The number of carboxylic acid groups (broad SMARTS) is 2. The largest absolute Gasteiger partial charge is 0.481 e. The molecule has 0 aromatic heterocycles. The summed E-state index contributed by atoms with van der Waals surface area (Å²) in [6.45, 7) is 0.904. The minimum atomic E-state index is -1.38. The third-order valence-electron chi connectivity index (χ3n) is 6.11. The summed E-state index contributed by atoms with van der Waals surface area (Å²) in [7, 11) is 0. The molecule has 3 rings (SSSR count). The van der Waals surface area contributed by atoms with Crippen LogP contribution in [-0.4, -0.2) is 82.0 Å². The van der Waals surface area contributed by atoms with Gasteiger partial charge in [0.25, 0.3) is 0 Å². The summed E-state index contributed by atoms with van der Waals surface area (Å²) < 4.78 is 0. The zero-order valence-corrected chi connectivity index (χ0v) is 18.7. The smallest absolute Gasteiger partial charge is 0.326 e. The van der Waals surface area contributed by atoms with Crippen molar-refractivity contribution in [3.63, 3.8) is 0 Å². The van der Waals surface area contributed by atoms with E-state index in [2.05, 4.69) is 16.0 Å². The molecule has 2 saturated heterocycles. The van der Waals surface area contributed by atoms with E-state index >= 15 is 0 Å². The first-order chi connectivity index (χ1) is 16.3. The highest BCUT2D eigenvalue weighted by Gasteiger charge is 2.39. The predicted molar refractivity (Wildman–Crippen MR) is 120 cm³/mol. The first-order valence-electron chi connectivity index (χ1n) is 11.4. The van der Waals surface area contributed by atoms with Crippen LogP contribution in [0, 0.1) is 0 Å². The number of rotatable bonds is 10. The molecule has 2 aliphatic heterocycles. The lowest BCUT2D eigenvalue weighted by atomic mass is 10.0. The summed E-state index contributed by atoms with van der Waals surface area (Å²) in [6.07, 6.45) is 1.65. The Morgan fingerprint density at radius 2 is 1.74 bits per heavy atom. The van der Waals surface area contributed by atoms with Gasteiger partial charge in [-0.25, -0.2) is 4.79 Å². The van der Waals surface area contributed by atoms with Gasteiger partial charge in [0.2, 0.25) is 17.7 Å². The molecule has 0 spiro atoms. The number of benzene rings is 1. The average molecular weight is 475 g/mol. The Labute approximate surface area is 196 Å². The predicted octanol–water partition coefficient (Wildman–Crippen LogP) is -0.499. The molecule has 2 heterocycles. The van der Waals surface area contributed by atoms with Gasteiger partial charge in [-0.1, -0.05) is 30.3 Å². The summed E-state index contributed by atoms with van der Waals surface area (Å²) in [5, 5.41) is 26.8. The van der Waals surface area contributed by atoms with E-state index in [4.69, 9.17) is 0 Å². The Morgan fingerprint density at radius 1 is 1.00 bits per heavy atom. The molecule has 11 nitrogen and oxygen atoms in total. The van der Waals surface area contributed by atoms with Crippen LogP contribution in [0.15, 0.2) is 30.3 Å². The van der Waals surface area contributed by atoms with E-state index in [1.807, 2.05) is 0 Å². The van der Waals surface area contributed by atoms with Gasteiger partial charge in [0, 0.05) is 13.0 Å². The summed E-state index contributed by atoms with van der Waals surface area (Å²) >= 11 is 0. The molecule has 2 fully saturated rings. The van der Waals surface area contributed by atoms with E-state index in [1.54, 1.807) is 30.3 Å². The van der Waals surface area contributed by atoms with Gasteiger partial charge >= 0.3 is 11.9 Å². The third kappa shape index (κ3) is 6.53. The molecule has 3 amide bonds. The van der Waals surface area contributed by atoms with Crippen molar-refractivity contribution in [3.05, 3.63) is 35.9 Å². The molecule has 0 aliphatic carbocycles. The maximum atomic E-state index is 13.3. The van der Waals surface area contributed by atoms with Gasteiger partial charge in [-0.3, -0.25) is 19.2 Å². The van der Waals surface area contributed by atoms with Crippen molar-refractivity contribution in [3.8, 4) is 0 Å². The van der Waals surface area contributed by atoms with Gasteiger partial charge in [0.15, 0.2) is 0 Å². The number of hydrogen-bond donors (Lipinski definition) is 5. The molecular weight excluding hydrogens is 444 g/mol. The SMILES string of the molecule is O=C(O)C[C@H](NC(=O)[C@@H]1CCCN1)C(=O)N[C@@H](Cc1ccccc1)C(=O)N1CCC[C@H]1C(=O)O. The molecule has 11 heteroatoms. The van der Waals surface area contributed by atoms with Gasteiger partial charge in [0.1, 0.15) is 18.1 Å². The molecule has 184 valence electrons. The standard InChI is InChI=1S/C23H30N4O7/c28-19(29)13-16(25-20(30)15-8-4-10-24-15)21(31)26-17(12-14-6-2-1-3-7-14)22(32)27-11-5-9-18(27)23(33)34/h1-3,6-7,15-18,24H,4-5,8-13H2,(H,25,30)(H,26,31)(H,28,29)(H,33,34)/t15-,16-,17-,18-/m0/s1. The molecule has 1 aromatic carbocycles. The Bertz CT molecular complexity index is 917. The molecule has 4 atom stereocenters. The lowest BCUT2D eigenvalue weighted by Gasteiger charge is -2.29. The summed E-state index contributed by atoms with van der Waals surface area (Å²) in [5.41, 5.74) is 0.737. The van der Waals surface area contributed by atoms with Gasteiger partial charge in [-0.15, -0.1) is 0 Å². The van der Waals surface area contributed by atoms with Crippen LogP contribution in [0.4, 0.5) is 0 Å². The number of nitrogens with zero attached hydrogens (tertiary/aromatic N) is 1. The van der Waals surface area contributed by atoms with Gasteiger partial charge in [-0.2, -0.15) is 0 Å². The highest BCUT2D eigenvalue weighted by molar-refractivity contribution is 5.96.